The second kappa shape index (κ2) is 13.9. The van der Waals surface area contributed by atoms with Crippen molar-refractivity contribution in [1.29, 1.82) is 0 Å². The monoisotopic (exact) mass is 558 g/mol. The molecule has 1 atom stereocenters. The normalized spacial score (nSPS) is 17.2. The highest BCUT2D eigenvalue weighted by molar-refractivity contribution is 14.0. The molecule has 1 heterocycles. The largest absolute Gasteiger partial charge is 0.490 e. The number of alkyl halides is 3. The highest BCUT2D eigenvalue weighted by Crippen LogP contribution is 2.28. The second-order valence-electron chi connectivity index (χ2n) is 7.28. The zero-order valence-electron chi connectivity index (χ0n) is 18.4. The predicted octanol–water partition coefficient (Wildman–Crippen LogP) is 3.69. The molecule has 2 rings (SSSR count). The molecule has 0 aromatic heterocycles. The van der Waals surface area contributed by atoms with Crippen molar-refractivity contribution in [2.75, 3.05) is 53.0 Å². The van der Waals surface area contributed by atoms with E-state index in [0.29, 0.717) is 45.4 Å². The minimum atomic E-state index is -4.14. The summed E-state index contributed by atoms with van der Waals surface area (Å²) in [4.78, 5) is 5.66. The van der Waals surface area contributed by atoms with Crippen LogP contribution in [-0.4, -0.2) is 70.0 Å². The fraction of sp³-hybridized carbons (Fsp3) is 0.667. The first-order valence-electron chi connectivity index (χ1n) is 10.5. The van der Waals surface area contributed by atoms with Gasteiger partial charge in [-0.1, -0.05) is 6.07 Å². The Kier molecular flexibility index (Phi) is 12.3. The summed E-state index contributed by atoms with van der Waals surface area (Å²) in [7, 11) is 1.68. The molecule has 1 aromatic rings. The van der Waals surface area contributed by atoms with E-state index < -0.39 is 12.7 Å². The van der Waals surface area contributed by atoms with Crippen LogP contribution in [0.4, 0.5) is 13.2 Å². The van der Waals surface area contributed by atoms with Gasteiger partial charge in [-0.3, -0.25) is 9.89 Å². The Morgan fingerprint density at radius 2 is 1.87 bits per heavy atom. The first-order chi connectivity index (χ1) is 14.3. The quantitative estimate of drug-likeness (QED) is 0.261. The van der Waals surface area contributed by atoms with Crippen molar-refractivity contribution in [1.82, 2.24) is 15.5 Å². The maximum absolute atomic E-state index is 12.5. The number of hydrogen-bond acceptors (Lipinski definition) is 4. The van der Waals surface area contributed by atoms with Gasteiger partial charge in [0.1, 0.15) is 0 Å². The number of aliphatic imine (C=N–C) groups is 1. The van der Waals surface area contributed by atoms with Crippen molar-refractivity contribution >= 4 is 29.9 Å². The third kappa shape index (κ3) is 10.2. The summed E-state index contributed by atoms with van der Waals surface area (Å²) in [6.07, 6.45) is -2.61. The van der Waals surface area contributed by atoms with Crippen LogP contribution in [0.1, 0.15) is 25.8 Å². The van der Waals surface area contributed by atoms with Gasteiger partial charge in [-0.25, -0.2) is 0 Å². The first-order valence-corrected chi connectivity index (χ1v) is 10.5. The Labute approximate surface area is 200 Å². The van der Waals surface area contributed by atoms with Crippen LogP contribution in [0.25, 0.3) is 0 Å². The maximum atomic E-state index is 12.5. The average Bonchev–Trinajstić information content (AvgIpc) is 3.12. The minimum absolute atomic E-state index is 0. The van der Waals surface area contributed by atoms with Crippen LogP contribution in [-0.2, 0) is 6.42 Å². The summed E-state index contributed by atoms with van der Waals surface area (Å²) < 4.78 is 48.8. The number of rotatable bonds is 10. The molecule has 10 heteroatoms. The summed E-state index contributed by atoms with van der Waals surface area (Å²) in [5.74, 6) is 2.32. The predicted molar refractivity (Wildman–Crippen MR) is 128 cm³/mol. The molecular formula is C21H34F3IN4O2. The number of ether oxygens (including phenoxy) is 2. The van der Waals surface area contributed by atoms with Gasteiger partial charge in [-0.05, 0) is 56.8 Å². The third-order valence-corrected chi connectivity index (χ3v) is 4.87. The van der Waals surface area contributed by atoms with Crippen LogP contribution >= 0.6 is 24.0 Å². The number of guanidine groups is 1. The highest BCUT2D eigenvalue weighted by Gasteiger charge is 2.34. The van der Waals surface area contributed by atoms with E-state index in [0.717, 1.165) is 29.9 Å². The average molecular weight is 558 g/mol. The van der Waals surface area contributed by atoms with Gasteiger partial charge in [0.2, 0.25) is 0 Å². The Bertz CT molecular complexity index is 689. The highest BCUT2D eigenvalue weighted by atomic mass is 127. The molecule has 1 saturated heterocycles. The molecule has 0 aliphatic carbocycles. The first kappa shape index (κ1) is 27.6. The molecule has 1 fully saturated rings. The summed E-state index contributed by atoms with van der Waals surface area (Å²) >= 11 is 0. The van der Waals surface area contributed by atoms with E-state index in [1.54, 1.807) is 7.05 Å². The molecule has 31 heavy (non-hydrogen) atoms. The fourth-order valence-electron chi connectivity index (χ4n) is 3.51. The van der Waals surface area contributed by atoms with Crippen LogP contribution in [0.2, 0.25) is 0 Å². The van der Waals surface area contributed by atoms with E-state index in [2.05, 4.69) is 15.6 Å². The van der Waals surface area contributed by atoms with Gasteiger partial charge >= 0.3 is 6.18 Å². The molecule has 6 nitrogen and oxygen atoms in total. The molecule has 0 amide bonds. The molecule has 0 saturated carbocycles. The Morgan fingerprint density at radius 3 is 2.52 bits per heavy atom. The number of nitrogens with zero attached hydrogens (tertiary/aromatic N) is 2. The standard InChI is InChI=1S/C21H33F3N4O2.HI/c1-4-29-18-7-6-16(12-19(18)30-5-2)8-10-26-20(25-3)27-13-17-9-11-28(14-17)15-21(22,23)24;/h6-7,12,17H,4-5,8-11,13-15H2,1-3H3,(H2,25,26,27);1H. The fourth-order valence-corrected chi connectivity index (χ4v) is 3.51. The Morgan fingerprint density at radius 1 is 1.16 bits per heavy atom. The van der Waals surface area contributed by atoms with Crippen LogP contribution in [0.5, 0.6) is 11.5 Å². The smallest absolute Gasteiger partial charge is 0.401 e. The van der Waals surface area contributed by atoms with Gasteiger partial charge in [0, 0.05) is 26.7 Å². The molecule has 1 aromatic carbocycles. The molecule has 0 bridgehead atoms. The zero-order valence-corrected chi connectivity index (χ0v) is 20.8. The lowest BCUT2D eigenvalue weighted by Crippen LogP contribution is -2.41. The third-order valence-electron chi connectivity index (χ3n) is 4.87. The SMILES string of the molecule is CCOc1ccc(CCNC(=NC)NCC2CCN(CC(F)(F)F)C2)cc1OCC.I. The van der Waals surface area contributed by atoms with Gasteiger partial charge in [-0.15, -0.1) is 24.0 Å². The molecule has 178 valence electrons. The van der Waals surface area contributed by atoms with Crippen molar-refractivity contribution < 1.29 is 22.6 Å². The van der Waals surface area contributed by atoms with E-state index >= 15 is 0 Å². The van der Waals surface area contributed by atoms with E-state index in [-0.39, 0.29) is 29.9 Å². The van der Waals surface area contributed by atoms with Crippen molar-refractivity contribution in [3.05, 3.63) is 23.8 Å². The van der Waals surface area contributed by atoms with Gasteiger partial charge < -0.3 is 20.1 Å². The van der Waals surface area contributed by atoms with Gasteiger partial charge in [-0.2, -0.15) is 13.2 Å². The minimum Gasteiger partial charge on any atom is -0.490 e. The number of nitrogens with one attached hydrogen (secondary N) is 2. The lowest BCUT2D eigenvalue weighted by Gasteiger charge is -2.19. The number of likely N-dealkylation sites (tertiary alicyclic amines) is 1. The topological polar surface area (TPSA) is 58.1 Å². The molecular weight excluding hydrogens is 524 g/mol. The van der Waals surface area contributed by atoms with E-state index in [9.17, 15) is 13.2 Å². The lowest BCUT2D eigenvalue weighted by atomic mass is 10.1. The lowest BCUT2D eigenvalue weighted by molar-refractivity contribution is -0.143. The molecule has 0 radical (unpaired) electrons. The van der Waals surface area contributed by atoms with Crippen molar-refractivity contribution in [2.45, 2.75) is 32.9 Å². The second-order valence-corrected chi connectivity index (χ2v) is 7.28. The summed E-state index contributed by atoms with van der Waals surface area (Å²) in [5, 5.41) is 6.48. The van der Waals surface area contributed by atoms with Crippen LogP contribution in [0.3, 0.4) is 0 Å². The van der Waals surface area contributed by atoms with Crippen molar-refractivity contribution in [3.63, 3.8) is 0 Å². The Balaban J connectivity index is 0.00000480. The molecule has 1 aliphatic rings. The molecule has 0 spiro atoms. The van der Waals surface area contributed by atoms with Gasteiger partial charge in [0.25, 0.3) is 0 Å². The maximum Gasteiger partial charge on any atom is 0.401 e. The van der Waals surface area contributed by atoms with Crippen molar-refractivity contribution in [2.24, 2.45) is 10.9 Å². The van der Waals surface area contributed by atoms with Gasteiger partial charge in [0.05, 0.1) is 19.8 Å². The van der Waals surface area contributed by atoms with Crippen LogP contribution < -0.4 is 20.1 Å². The summed E-state index contributed by atoms with van der Waals surface area (Å²) in [6, 6.07) is 5.92. The zero-order chi connectivity index (χ0) is 22.0. The number of halogens is 4. The summed E-state index contributed by atoms with van der Waals surface area (Å²) in [6.45, 7) is 6.40. The Hall–Kier alpha value is -1.43. The summed E-state index contributed by atoms with van der Waals surface area (Å²) in [5.41, 5.74) is 1.11. The number of benzene rings is 1. The van der Waals surface area contributed by atoms with E-state index in [1.807, 2.05) is 32.0 Å². The van der Waals surface area contributed by atoms with Crippen molar-refractivity contribution in [3.8, 4) is 11.5 Å². The van der Waals surface area contributed by atoms with Gasteiger partial charge in [0.15, 0.2) is 17.5 Å². The van der Waals surface area contributed by atoms with E-state index in [1.165, 1.54) is 4.90 Å². The molecule has 2 N–H and O–H groups in total. The molecule has 1 aliphatic heterocycles. The van der Waals surface area contributed by atoms with E-state index in [4.69, 9.17) is 9.47 Å². The molecule has 1 unspecified atom stereocenters. The van der Waals surface area contributed by atoms with Crippen LogP contribution in [0.15, 0.2) is 23.2 Å². The number of hydrogen-bond donors (Lipinski definition) is 2. The van der Waals surface area contributed by atoms with Crippen LogP contribution in [0, 0.1) is 5.92 Å².